The summed E-state index contributed by atoms with van der Waals surface area (Å²) in [6, 6.07) is 8.96. The van der Waals surface area contributed by atoms with E-state index in [2.05, 4.69) is 58.9 Å². The number of hydrogen-bond donors (Lipinski definition) is 0. The minimum Gasteiger partial charge on any atom is -0.299 e. The minimum atomic E-state index is -0.0963. The maximum absolute atomic E-state index is 12.6. The molecular formula is C20H28O. The third-order valence-corrected chi connectivity index (χ3v) is 6.47. The smallest absolute Gasteiger partial charge is 0.140 e. The summed E-state index contributed by atoms with van der Waals surface area (Å²) in [6.07, 6.45) is 4.07. The number of carbonyl (C=O) groups excluding carboxylic acids is 1. The lowest BCUT2D eigenvalue weighted by Crippen LogP contribution is -2.38. The van der Waals surface area contributed by atoms with E-state index < -0.39 is 0 Å². The molecule has 2 unspecified atom stereocenters. The molecule has 0 saturated heterocycles. The lowest BCUT2D eigenvalue weighted by molar-refractivity contribution is -0.129. The van der Waals surface area contributed by atoms with E-state index in [0.29, 0.717) is 11.7 Å². The van der Waals surface area contributed by atoms with Crippen LogP contribution in [0.1, 0.15) is 65.0 Å². The van der Waals surface area contributed by atoms with Crippen LogP contribution in [-0.4, -0.2) is 5.78 Å². The van der Waals surface area contributed by atoms with Crippen LogP contribution in [-0.2, 0) is 16.6 Å². The molecule has 0 amide bonds. The Morgan fingerprint density at radius 3 is 2.19 bits per heavy atom. The van der Waals surface area contributed by atoms with E-state index in [-0.39, 0.29) is 16.2 Å². The molecule has 2 saturated carbocycles. The maximum atomic E-state index is 12.6. The molecular weight excluding hydrogens is 256 g/mol. The normalized spacial score (nSPS) is 30.9. The molecule has 0 radical (unpaired) electrons. The van der Waals surface area contributed by atoms with Crippen molar-refractivity contribution in [1.29, 1.82) is 0 Å². The van der Waals surface area contributed by atoms with E-state index in [1.165, 1.54) is 17.5 Å². The Morgan fingerprint density at radius 2 is 1.76 bits per heavy atom. The number of carbonyl (C=O) groups is 1. The zero-order valence-electron chi connectivity index (χ0n) is 14.1. The summed E-state index contributed by atoms with van der Waals surface area (Å²) < 4.78 is 0. The van der Waals surface area contributed by atoms with Crippen molar-refractivity contribution in [3.8, 4) is 0 Å². The summed E-state index contributed by atoms with van der Waals surface area (Å²) in [5, 5.41) is 0. The number of benzene rings is 1. The maximum Gasteiger partial charge on any atom is 0.140 e. The van der Waals surface area contributed by atoms with E-state index in [9.17, 15) is 4.79 Å². The van der Waals surface area contributed by atoms with Crippen molar-refractivity contribution < 1.29 is 4.79 Å². The second-order valence-corrected chi connectivity index (χ2v) is 8.79. The van der Waals surface area contributed by atoms with Gasteiger partial charge in [0.15, 0.2) is 0 Å². The predicted molar refractivity (Wildman–Crippen MR) is 87.4 cm³/mol. The van der Waals surface area contributed by atoms with Crippen LogP contribution in [0.3, 0.4) is 0 Å². The standard InChI is InChI=1S/C20H28O/c1-18(2,3)15-8-6-14(7-9-15)13-20-11-10-16(12-17(20)21)19(20,4)5/h6-9,16H,10-13H2,1-5H3. The molecule has 2 bridgehead atoms. The van der Waals surface area contributed by atoms with Crippen molar-refractivity contribution in [3.05, 3.63) is 35.4 Å². The first kappa shape index (κ1) is 14.8. The van der Waals surface area contributed by atoms with E-state index in [1.54, 1.807) is 0 Å². The number of hydrogen-bond acceptors (Lipinski definition) is 1. The van der Waals surface area contributed by atoms with Gasteiger partial charge < -0.3 is 0 Å². The zero-order valence-corrected chi connectivity index (χ0v) is 14.1. The van der Waals surface area contributed by atoms with Gasteiger partial charge in [-0.1, -0.05) is 58.9 Å². The van der Waals surface area contributed by atoms with E-state index >= 15 is 0 Å². The Bertz CT molecular complexity index is 558. The van der Waals surface area contributed by atoms with Gasteiger partial charge in [0.2, 0.25) is 0 Å². The molecule has 1 heteroatoms. The van der Waals surface area contributed by atoms with Gasteiger partial charge in [-0.2, -0.15) is 0 Å². The Balaban J connectivity index is 1.88. The molecule has 2 atom stereocenters. The van der Waals surface area contributed by atoms with Crippen LogP contribution >= 0.6 is 0 Å². The van der Waals surface area contributed by atoms with Crippen molar-refractivity contribution in [3.63, 3.8) is 0 Å². The molecule has 0 heterocycles. The molecule has 2 aliphatic rings. The van der Waals surface area contributed by atoms with Crippen molar-refractivity contribution in [2.75, 3.05) is 0 Å². The predicted octanol–water partition coefficient (Wildman–Crippen LogP) is 4.92. The summed E-state index contributed by atoms with van der Waals surface area (Å²) in [5.41, 5.74) is 2.96. The SMILES string of the molecule is CC(C)(C)c1ccc(CC23CCC(CC2=O)C3(C)C)cc1. The molecule has 2 fully saturated rings. The lowest BCUT2D eigenvalue weighted by Gasteiger charge is -2.37. The summed E-state index contributed by atoms with van der Waals surface area (Å²) in [5.74, 6) is 1.13. The average molecular weight is 284 g/mol. The van der Waals surface area contributed by atoms with Gasteiger partial charge in [-0.05, 0) is 47.1 Å². The van der Waals surface area contributed by atoms with Gasteiger partial charge in [0.1, 0.15) is 5.78 Å². The fourth-order valence-electron chi connectivity index (χ4n) is 4.66. The quantitative estimate of drug-likeness (QED) is 0.753. The zero-order chi connectivity index (χ0) is 15.5. The first-order valence-corrected chi connectivity index (χ1v) is 8.29. The molecule has 1 aromatic carbocycles. The van der Waals surface area contributed by atoms with Crippen molar-refractivity contribution in [2.24, 2.45) is 16.7 Å². The molecule has 0 aromatic heterocycles. The molecule has 0 N–H and O–H groups in total. The molecule has 1 aromatic rings. The van der Waals surface area contributed by atoms with Crippen LogP contribution in [0, 0.1) is 16.7 Å². The van der Waals surface area contributed by atoms with Gasteiger partial charge in [0, 0.05) is 11.8 Å². The van der Waals surface area contributed by atoms with Gasteiger partial charge >= 0.3 is 0 Å². The lowest BCUT2D eigenvalue weighted by atomic mass is 9.65. The number of ketones is 1. The van der Waals surface area contributed by atoms with Crippen LogP contribution < -0.4 is 0 Å². The third-order valence-electron chi connectivity index (χ3n) is 6.47. The van der Waals surface area contributed by atoms with Crippen molar-refractivity contribution in [2.45, 2.75) is 65.7 Å². The molecule has 21 heavy (non-hydrogen) atoms. The fourth-order valence-corrected chi connectivity index (χ4v) is 4.66. The number of fused-ring (bicyclic) bond motifs is 2. The van der Waals surface area contributed by atoms with Gasteiger partial charge in [-0.15, -0.1) is 0 Å². The van der Waals surface area contributed by atoms with Crippen molar-refractivity contribution >= 4 is 5.78 Å². The highest BCUT2D eigenvalue weighted by atomic mass is 16.1. The topological polar surface area (TPSA) is 17.1 Å². The second-order valence-electron chi connectivity index (χ2n) is 8.79. The van der Waals surface area contributed by atoms with Crippen LogP contribution in [0.5, 0.6) is 0 Å². The van der Waals surface area contributed by atoms with E-state index in [4.69, 9.17) is 0 Å². The van der Waals surface area contributed by atoms with Gasteiger partial charge in [-0.25, -0.2) is 0 Å². The van der Waals surface area contributed by atoms with E-state index in [0.717, 1.165) is 19.3 Å². The highest BCUT2D eigenvalue weighted by molar-refractivity contribution is 5.90. The van der Waals surface area contributed by atoms with Gasteiger partial charge in [0.25, 0.3) is 0 Å². The van der Waals surface area contributed by atoms with Crippen LogP contribution in [0.15, 0.2) is 24.3 Å². The number of rotatable bonds is 2. The third kappa shape index (κ3) is 2.08. The summed E-state index contributed by atoms with van der Waals surface area (Å²) in [4.78, 5) is 12.6. The molecule has 3 rings (SSSR count). The fraction of sp³-hybridized carbons (Fsp3) is 0.650. The number of Topliss-reactive ketones (excluding diaryl/α,β-unsaturated/α-hetero) is 1. The molecule has 114 valence electrons. The molecule has 0 aliphatic heterocycles. The van der Waals surface area contributed by atoms with Gasteiger partial charge in [0.05, 0.1) is 0 Å². The van der Waals surface area contributed by atoms with Gasteiger partial charge in [-0.3, -0.25) is 4.79 Å². The first-order chi connectivity index (χ1) is 9.67. The Hall–Kier alpha value is -1.11. The minimum absolute atomic E-state index is 0.0963. The van der Waals surface area contributed by atoms with Crippen LogP contribution in [0.2, 0.25) is 0 Å². The molecule has 0 spiro atoms. The molecule has 1 nitrogen and oxygen atoms in total. The molecule has 2 aliphatic carbocycles. The largest absolute Gasteiger partial charge is 0.299 e. The summed E-state index contributed by atoms with van der Waals surface area (Å²) in [6.45, 7) is 11.4. The van der Waals surface area contributed by atoms with Crippen molar-refractivity contribution in [1.82, 2.24) is 0 Å². The van der Waals surface area contributed by atoms with Crippen LogP contribution in [0.25, 0.3) is 0 Å². The summed E-state index contributed by atoms with van der Waals surface area (Å²) in [7, 11) is 0. The highest BCUT2D eigenvalue weighted by Gasteiger charge is 2.63. The average Bonchev–Trinajstić information content (AvgIpc) is 2.72. The Kier molecular flexibility index (Phi) is 3.13. The first-order valence-electron chi connectivity index (χ1n) is 8.29. The second kappa shape index (κ2) is 4.44. The Morgan fingerprint density at radius 1 is 1.14 bits per heavy atom. The van der Waals surface area contributed by atoms with Crippen LogP contribution in [0.4, 0.5) is 0 Å². The monoisotopic (exact) mass is 284 g/mol. The Labute approximate surface area is 129 Å². The van der Waals surface area contributed by atoms with E-state index in [1.807, 2.05) is 0 Å². The highest BCUT2D eigenvalue weighted by Crippen LogP contribution is 2.64. The summed E-state index contributed by atoms with van der Waals surface area (Å²) >= 11 is 0.